The average molecular weight is 497 g/mol. The van der Waals surface area contributed by atoms with Crippen LogP contribution in [0.3, 0.4) is 0 Å². The van der Waals surface area contributed by atoms with Crippen molar-refractivity contribution in [2.75, 3.05) is 0 Å². The molecule has 1 aliphatic heterocycles. The highest BCUT2D eigenvalue weighted by atomic mass is 35.5. The van der Waals surface area contributed by atoms with Gasteiger partial charge in [-0.15, -0.1) is 0 Å². The number of fused-ring (bicyclic) bond motifs is 1. The minimum absolute atomic E-state index is 0.00160. The third-order valence-corrected chi connectivity index (χ3v) is 6.50. The molecule has 1 aliphatic rings. The molecule has 3 aromatic rings. The average Bonchev–Trinajstić information content (AvgIpc) is 3.18. The van der Waals surface area contributed by atoms with Crippen LogP contribution in [-0.4, -0.2) is 18.1 Å². The molecule has 8 heteroatoms. The number of hydrogen-bond acceptors (Lipinski definition) is 4. The van der Waals surface area contributed by atoms with Crippen LogP contribution in [0.5, 0.6) is 5.75 Å². The zero-order valence-electron chi connectivity index (χ0n) is 19.6. The molecule has 0 spiro atoms. The number of hydrogen-bond donors (Lipinski definition) is 2. The third kappa shape index (κ3) is 4.32. The Morgan fingerprint density at radius 2 is 1.71 bits per heavy atom. The molecular formula is C27H26ClFN2O4. The van der Waals surface area contributed by atoms with Gasteiger partial charge in [0, 0.05) is 39.1 Å². The SMILES string of the molecule is CC(C)(C)[C@H](OC(N)=O)[C@@]1(c2ccccc2)Cc2c(ccc(Cl)c2-c2c(F)cccc2C(N)=O)O1. The number of halogens is 2. The number of rotatable bonds is 5. The van der Waals surface area contributed by atoms with Crippen LogP contribution in [0.15, 0.2) is 60.7 Å². The highest BCUT2D eigenvalue weighted by molar-refractivity contribution is 6.34. The Kier molecular flexibility index (Phi) is 6.23. The summed E-state index contributed by atoms with van der Waals surface area (Å²) in [7, 11) is 0. The Balaban J connectivity index is 2.00. The molecule has 0 aliphatic carbocycles. The minimum atomic E-state index is -1.20. The molecular weight excluding hydrogens is 471 g/mol. The zero-order valence-corrected chi connectivity index (χ0v) is 20.4. The molecule has 182 valence electrons. The Bertz CT molecular complexity index is 1310. The number of amides is 2. The van der Waals surface area contributed by atoms with Gasteiger partial charge in [-0.3, -0.25) is 4.79 Å². The summed E-state index contributed by atoms with van der Waals surface area (Å²) >= 11 is 6.60. The predicted molar refractivity (Wildman–Crippen MR) is 132 cm³/mol. The van der Waals surface area contributed by atoms with Crippen molar-refractivity contribution in [3.63, 3.8) is 0 Å². The molecule has 0 saturated heterocycles. The molecule has 0 radical (unpaired) electrons. The lowest BCUT2D eigenvalue weighted by Gasteiger charge is -2.43. The fourth-order valence-electron chi connectivity index (χ4n) is 4.89. The zero-order chi connectivity index (χ0) is 25.5. The number of primary amides is 2. The highest BCUT2D eigenvalue weighted by Gasteiger charge is 2.55. The van der Waals surface area contributed by atoms with E-state index >= 15 is 4.39 Å². The molecule has 2 atom stereocenters. The van der Waals surface area contributed by atoms with E-state index in [1.54, 1.807) is 12.1 Å². The van der Waals surface area contributed by atoms with Gasteiger partial charge in [-0.2, -0.15) is 0 Å². The van der Waals surface area contributed by atoms with Gasteiger partial charge in [0.25, 0.3) is 0 Å². The van der Waals surface area contributed by atoms with Crippen LogP contribution in [0.1, 0.15) is 42.3 Å². The van der Waals surface area contributed by atoms with Gasteiger partial charge in [-0.25, -0.2) is 9.18 Å². The van der Waals surface area contributed by atoms with E-state index in [-0.39, 0.29) is 22.6 Å². The van der Waals surface area contributed by atoms with E-state index in [9.17, 15) is 9.59 Å². The first-order valence-corrected chi connectivity index (χ1v) is 11.4. The summed E-state index contributed by atoms with van der Waals surface area (Å²) in [6.07, 6.45) is -1.60. The molecule has 35 heavy (non-hydrogen) atoms. The van der Waals surface area contributed by atoms with E-state index in [0.717, 1.165) is 5.56 Å². The van der Waals surface area contributed by atoms with Gasteiger partial charge in [0.2, 0.25) is 5.91 Å². The summed E-state index contributed by atoms with van der Waals surface area (Å²) in [5, 5.41) is 0.229. The van der Waals surface area contributed by atoms with E-state index in [1.165, 1.54) is 18.2 Å². The van der Waals surface area contributed by atoms with Crippen LogP contribution in [-0.2, 0) is 16.8 Å². The maximum Gasteiger partial charge on any atom is 0.404 e. The van der Waals surface area contributed by atoms with Gasteiger partial charge in [-0.05, 0) is 29.8 Å². The van der Waals surface area contributed by atoms with Crippen molar-refractivity contribution in [3.8, 4) is 16.9 Å². The quantitative estimate of drug-likeness (QED) is 0.480. The van der Waals surface area contributed by atoms with Crippen molar-refractivity contribution in [1.29, 1.82) is 0 Å². The van der Waals surface area contributed by atoms with Crippen LogP contribution in [0.2, 0.25) is 5.02 Å². The number of ether oxygens (including phenoxy) is 2. The van der Waals surface area contributed by atoms with Gasteiger partial charge < -0.3 is 20.9 Å². The first-order chi connectivity index (χ1) is 16.5. The number of nitrogens with two attached hydrogens (primary N) is 2. The van der Waals surface area contributed by atoms with Crippen molar-refractivity contribution >= 4 is 23.6 Å². The second-order valence-electron chi connectivity index (χ2n) is 9.64. The van der Waals surface area contributed by atoms with Gasteiger partial charge in [0.1, 0.15) is 11.6 Å². The summed E-state index contributed by atoms with van der Waals surface area (Å²) in [4.78, 5) is 24.2. The Hall–Kier alpha value is -3.58. The molecule has 4 N–H and O–H groups in total. The molecule has 0 aromatic heterocycles. The standard InChI is InChI=1S/C27H26ClFN2O4/c1-26(2,3)24(34-25(31)33)27(15-8-5-4-6-9-15)14-17-20(35-27)13-12-18(28)21(17)22-16(23(30)32)10-7-11-19(22)29/h4-13,24H,14H2,1-3H3,(H2,30,32)(H2,31,33)/t24-,27-/m0/s1. The molecule has 0 saturated carbocycles. The van der Waals surface area contributed by atoms with E-state index < -0.39 is 34.9 Å². The normalized spacial score (nSPS) is 17.9. The first kappa shape index (κ1) is 24.5. The maximum atomic E-state index is 15.2. The molecule has 0 unspecified atom stereocenters. The van der Waals surface area contributed by atoms with Gasteiger partial charge >= 0.3 is 6.09 Å². The fraction of sp³-hybridized carbons (Fsp3) is 0.259. The van der Waals surface area contributed by atoms with Crippen LogP contribution in [0, 0.1) is 11.2 Å². The van der Waals surface area contributed by atoms with Gasteiger partial charge in [0.05, 0.1) is 0 Å². The second-order valence-corrected chi connectivity index (χ2v) is 10.1. The van der Waals surface area contributed by atoms with Crippen LogP contribution >= 0.6 is 11.6 Å². The predicted octanol–water partition coefficient (Wildman–Crippen LogP) is 5.59. The lowest BCUT2D eigenvalue weighted by Crippen LogP contribution is -2.53. The number of carbonyl (C=O) groups excluding carboxylic acids is 2. The summed E-state index contributed by atoms with van der Waals surface area (Å²) in [5.74, 6) is -1.00. The summed E-state index contributed by atoms with van der Waals surface area (Å²) < 4.78 is 27.5. The summed E-state index contributed by atoms with van der Waals surface area (Å²) in [5.41, 5.74) is 10.9. The van der Waals surface area contributed by atoms with Gasteiger partial charge in [0.15, 0.2) is 11.7 Å². The van der Waals surface area contributed by atoms with Crippen molar-refractivity contribution in [2.45, 2.75) is 38.9 Å². The van der Waals surface area contributed by atoms with Crippen LogP contribution in [0.4, 0.5) is 9.18 Å². The van der Waals surface area contributed by atoms with Crippen LogP contribution < -0.4 is 16.2 Å². The van der Waals surface area contributed by atoms with Crippen molar-refractivity contribution in [2.24, 2.45) is 16.9 Å². The van der Waals surface area contributed by atoms with E-state index in [1.807, 2.05) is 51.1 Å². The third-order valence-electron chi connectivity index (χ3n) is 6.19. The maximum absolute atomic E-state index is 15.2. The van der Waals surface area contributed by atoms with Crippen LogP contribution in [0.25, 0.3) is 11.1 Å². The minimum Gasteiger partial charge on any atom is -0.478 e. The van der Waals surface area contributed by atoms with Crippen molar-refractivity contribution in [3.05, 3.63) is 88.2 Å². The Morgan fingerprint density at radius 1 is 1.03 bits per heavy atom. The monoisotopic (exact) mass is 496 g/mol. The molecule has 0 bridgehead atoms. The van der Waals surface area contributed by atoms with E-state index in [0.29, 0.717) is 16.9 Å². The Labute approximate surface area is 208 Å². The number of carbonyl (C=O) groups is 2. The first-order valence-electron chi connectivity index (χ1n) is 11.1. The molecule has 1 heterocycles. The highest BCUT2D eigenvalue weighted by Crippen LogP contribution is 2.53. The summed E-state index contributed by atoms with van der Waals surface area (Å²) in [6, 6.07) is 16.7. The van der Waals surface area contributed by atoms with Crippen molar-refractivity contribution in [1.82, 2.24) is 0 Å². The second kappa shape index (κ2) is 8.89. The van der Waals surface area contributed by atoms with Gasteiger partial charge in [-0.1, -0.05) is 68.8 Å². The smallest absolute Gasteiger partial charge is 0.404 e. The topological polar surface area (TPSA) is 105 Å². The molecule has 6 nitrogen and oxygen atoms in total. The summed E-state index contributed by atoms with van der Waals surface area (Å²) in [6.45, 7) is 5.73. The largest absolute Gasteiger partial charge is 0.478 e. The lowest BCUT2D eigenvalue weighted by molar-refractivity contribution is -0.100. The van der Waals surface area contributed by atoms with E-state index in [2.05, 4.69) is 0 Å². The molecule has 4 rings (SSSR count). The van der Waals surface area contributed by atoms with Crippen molar-refractivity contribution < 1.29 is 23.5 Å². The number of benzene rings is 3. The lowest BCUT2D eigenvalue weighted by atomic mass is 9.72. The van der Waals surface area contributed by atoms with E-state index in [4.69, 9.17) is 32.5 Å². The molecule has 2 amide bonds. The fourth-order valence-corrected chi connectivity index (χ4v) is 5.16. The molecule has 0 fully saturated rings. The molecule has 3 aromatic carbocycles. The Morgan fingerprint density at radius 3 is 2.31 bits per heavy atom.